The van der Waals surface area contributed by atoms with Gasteiger partial charge in [-0.1, -0.05) is 263 Å². The summed E-state index contributed by atoms with van der Waals surface area (Å²) in [7, 11) is -6.31. The van der Waals surface area contributed by atoms with E-state index in [1.165, 1.54) is 0 Å². The van der Waals surface area contributed by atoms with Crippen LogP contribution in [0.15, 0.2) is 327 Å². The maximum Gasteiger partial charge on any atom is 0.269 e. The largest absolute Gasteiger partial charge is 0.458 e. The molecule has 450 valence electrons. The quantitative estimate of drug-likeness (QED) is 0.0593. The number of para-hydroxylation sites is 4. The minimum atomic E-state index is -6.31. The third-order valence-corrected chi connectivity index (χ3v) is 22.3. The van der Waals surface area contributed by atoms with Gasteiger partial charge in [0.25, 0.3) is 6.33 Å². The fraction of sp³-hybridized carbons (Fsp3) is 0.0455. The van der Waals surface area contributed by atoms with Gasteiger partial charge in [0.15, 0.2) is 8.07 Å². The van der Waals surface area contributed by atoms with Gasteiger partial charge < -0.3 is 9.30 Å². The van der Waals surface area contributed by atoms with E-state index in [4.69, 9.17) is 13.8 Å². The van der Waals surface area contributed by atoms with Gasteiger partial charge in [-0.05, 0) is 149 Å². The summed E-state index contributed by atoms with van der Waals surface area (Å²) in [5.74, 6) is 1.68. The van der Waals surface area contributed by atoms with Crippen LogP contribution in [0.2, 0.25) is 0 Å². The summed E-state index contributed by atoms with van der Waals surface area (Å²) >= 11 is 0. The lowest BCUT2D eigenvalue weighted by Crippen LogP contribution is -2.74. The van der Waals surface area contributed by atoms with Crippen LogP contribution in [-0.2, 0) is 5.41 Å². The molecule has 0 fully saturated rings. The van der Waals surface area contributed by atoms with Gasteiger partial charge in [0.05, 0.1) is 70.5 Å². The third-order valence-electron chi connectivity index (χ3n) is 18.3. The van der Waals surface area contributed by atoms with Crippen molar-refractivity contribution in [3.63, 3.8) is 0 Å². The highest BCUT2D eigenvalue weighted by atomic mass is 28.3. The highest BCUT2D eigenvalue weighted by Gasteiger charge is 2.42. The standard InChI is InChI=1S/C88H63N5OSi/c1-88(2,3)60-50-51-89-85(53-60)93-82-47-22-19-42-76(82)77-49-48-64(57-83(77)93)94-63-28-24-27-61(54-63)90-58-91-86-69(59-26-23-35-68(52-59)95(65-29-7-4-8-30-65,66-31-9-5-10-32-66)67-33-11-6-12-34-67)43-25-44-78(86)72-38-15-13-36-70(72)71-37-14-16-39-73(71)79-55-62(56-84(90)87(79)91)92-80-45-20-17-40-74(80)75-41-18-21-46-81(75)92/h4-57H,1-3H3/i4D,5D,6D,7D,8D,9D,10D,11D,12D,23D,26D,29D,30D,31D,32D,33D,34D,35D,52D. The predicted molar refractivity (Wildman–Crippen MR) is 394 cm³/mol. The van der Waals surface area contributed by atoms with E-state index < -0.39 is 149 Å². The van der Waals surface area contributed by atoms with Crippen molar-refractivity contribution in [3.8, 4) is 78.9 Å². The Bertz CT molecular complexity index is 6800. The average Bonchev–Trinajstić information content (AvgIpc) is 0.753. The van der Waals surface area contributed by atoms with Crippen molar-refractivity contribution in [2.75, 3.05) is 0 Å². The number of nitrogens with zero attached hydrogens (tertiary/aromatic N) is 5. The molecule has 1 aliphatic heterocycles. The number of hydrogen-bond acceptors (Lipinski definition) is 2. The van der Waals surface area contributed by atoms with E-state index in [9.17, 15) is 21.9 Å². The molecule has 0 unspecified atom stereocenters. The summed E-state index contributed by atoms with van der Waals surface area (Å²) in [6.07, 6.45) is 5.64. The van der Waals surface area contributed by atoms with E-state index in [-0.39, 0.29) is 16.7 Å². The molecule has 1 aliphatic rings. The summed E-state index contributed by atoms with van der Waals surface area (Å²) in [5.41, 5.74) is 10.6. The van der Waals surface area contributed by atoms with Crippen LogP contribution in [0.25, 0.3) is 122 Å². The zero-order chi connectivity index (χ0) is 79.9. The normalized spacial score (nSPS) is 15.0. The zero-order valence-corrected chi connectivity index (χ0v) is 52.4. The number of benzene rings is 13. The number of rotatable bonds is 10. The smallest absolute Gasteiger partial charge is 0.269 e. The van der Waals surface area contributed by atoms with Crippen molar-refractivity contribution in [3.05, 3.63) is 339 Å². The molecule has 0 saturated carbocycles. The van der Waals surface area contributed by atoms with Gasteiger partial charge in [-0.25, -0.2) is 4.98 Å². The SMILES string of the molecule is [2H]c1c([2H])c([2H])c([Si](c2c([2H])c([2H])c([2H])c([2H])c2[2H])(c2c([2H])c([2H])c([2H])c([2H])c2[2H])c2c([2H])c([2H])c([2H])c(-c3cccc4c3-[n+]3[c-]n(-c5cccc(Oc6ccc7c8ccccc8n(-c8cc(C(C)(C)C)ccn8)c7c6)c5)c5cc(-n6c7ccccc7c7ccccc76)cc(c53)-c3ccccc3-c3ccccc3-4)c2[2H])c([2H])c1[2H]. The number of ether oxygens (including phenoxy) is 1. The highest BCUT2D eigenvalue weighted by Crippen LogP contribution is 2.47. The lowest BCUT2D eigenvalue weighted by molar-refractivity contribution is -0.570. The van der Waals surface area contributed by atoms with Crippen molar-refractivity contribution in [2.45, 2.75) is 26.2 Å². The lowest BCUT2D eigenvalue weighted by Gasteiger charge is -2.34. The van der Waals surface area contributed by atoms with E-state index in [1.807, 2.05) is 155 Å². The monoisotopic (exact) mass is 1250 g/mol. The number of imidazole rings is 1. The molecule has 0 atom stereocenters. The number of pyridine rings is 1. The zero-order valence-electron chi connectivity index (χ0n) is 70.4. The molecular weight excluding hydrogens is 1170 g/mol. The van der Waals surface area contributed by atoms with Crippen LogP contribution in [-0.4, -0.2) is 26.8 Å². The molecule has 7 heteroatoms. The van der Waals surface area contributed by atoms with Gasteiger partial charge in [0.1, 0.15) is 17.3 Å². The molecule has 4 aromatic heterocycles. The fourth-order valence-electron chi connectivity index (χ4n) is 14.0. The summed E-state index contributed by atoms with van der Waals surface area (Å²) in [6.45, 7) is 6.50. The van der Waals surface area contributed by atoms with Gasteiger partial charge in [-0.3, -0.25) is 13.7 Å². The molecule has 0 N–H and O–H groups in total. The molecule has 0 spiro atoms. The molecule has 0 radical (unpaired) electrons. The van der Waals surface area contributed by atoms with Crippen molar-refractivity contribution in [1.29, 1.82) is 0 Å². The molecular formula is C88H63N5OSi. The Hall–Kier alpha value is -11.9. The minimum Gasteiger partial charge on any atom is -0.458 e. The van der Waals surface area contributed by atoms with Crippen molar-refractivity contribution in [1.82, 2.24) is 18.7 Å². The van der Waals surface area contributed by atoms with Crippen LogP contribution in [0.4, 0.5) is 0 Å². The second-order valence-electron chi connectivity index (χ2n) is 24.6. The van der Waals surface area contributed by atoms with Crippen LogP contribution in [0, 0.1) is 6.33 Å². The molecule has 0 aliphatic carbocycles. The van der Waals surface area contributed by atoms with E-state index in [1.54, 1.807) is 12.1 Å². The van der Waals surface area contributed by atoms with E-state index >= 15 is 0 Å². The Balaban J connectivity index is 0.972. The Morgan fingerprint density at radius 1 is 0.411 bits per heavy atom. The Kier molecular flexibility index (Phi) is 9.21. The molecule has 17 aromatic rings. The molecule has 6 nitrogen and oxygen atoms in total. The van der Waals surface area contributed by atoms with Crippen molar-refractivity contribution < 1.29 is 35.3 Å². The maximum absolute atomic E-state index is 11.2. The predicted octanol–water partition coefficient (Wildman–Crippen LogP) is 18.7. The highest BCUT2D eigenvalue weighted by molar-refractivity contribution is 7.20. The van der Waals surface area contributed by atoms with Crippen LogP contribution in [0.3, 0.4) is 0 Å². The first-order valence-electron chi connectivity index (χ1n) is 40.6. The third kappa shape index (κ3) is 8.99. The first-order chi connectivity index (χ1) is 54.6. The molecule has 0 saturated heterocycles. The first kappa shape index (κ1) is 39.5. The number of hydrogen-bond donors (Lipinski definition) is 0. The maximum atomic E-state index is 11.2. The summed E-state index contributed by atoms with van der Waals surface area (Å²) in [5, 5.41) is 0.258. The van der Waals surface area contributed by atoms with Crippen molar-refractivity contribution in [2.24, 2.45) is 0 Å². The Morgan fingerprint density at radius 2 is 0.926 bits per heavy atom. The van der Waals surface area contributed by atoms with Gasteiger partial charge in [0.2, 0.25) is 0 Å². The molecule has 95 heavy (non-hydrogen) atoms. The number of aromatic nitrogens is 5. The summed E-state index contributed by atoms with van der Waals surface area (Å²) in [4.78, 5) is 4.92. The minimum absolute atomic E-state index is 0.0213. The van der Waals surface area contributed by atoms with Crippen LogP contribution in [0.5, 0.6) is 11.5 Å². The molecule has 0 amide bonds. The first-order valence-corrected chi connectivity index (χ1v) is 33.1. The van der Waals surface area contributed by atoms with Crippen LogP contribution in [0.1, 0.15) is 52.4 Å². The second-order valence-corrected chi connectivity index (χ2v) is 28.1. The van der Waals surface area contributed by atoms with Crippen LogP contribution >= 0.6 is 0 Å². The average molecular weight is 1250 g/mol. The van der Waals surface area contributed by atoms with E-state index in [2.05, 4.69) is 90.8 Å². The van der Waals surface area contributed by atoms with Crippen LogP contribution < -0.4 is 30.1 Å². The molecule has 0 bridgehead atoms. The Morgan fingerprint density at radius 3 is 1.55 bits per heavy atom. The summed E-state index contributed by atoms with van der Waals surface area (Å²) < 4.78 is 199. The molecule has 5 heterocycles. The topological polar surface area (TPSA) is 40.8 Å². The molecule has 18 rings (SSSR count). The summed E-state index contributed by atoms with van der Waals surface area (Å²) in [6, 6.07) is 47.3. The van der Waals surface area contributed by atoms with Gasteiger partial charge in [-0.2, -0.15) is 0 Å². The van der Waals surface area contributed by atoms with E-state index in [0.717, 1.165) is 77.4 Å². The lowest BCUT2D eigenvalue weighted by atomic mass is 9.88. The van der Waals surface area contributed by atoms with Gasteiger partial charge >= 0.3 is 0 Å². The van der Waals surface area contributed by atoms with Crippen molar-refractivity contribution >= 4 is 83.5 Å². The number of fused-ring (bicyclic) bond motifs is 13. The van der Waals surface area contributed by atoms with Gasteiger partial charge in [-0.15, -0.1) is 0 Å². The molecule has 13 aromatic carbocycles. The second kappa shape index (κ2) is 22.2. The fourth-order valence-corrected chi connectivity index (χ4v) is 17.6. The van der Waals surface area contributed by atoms with E-state index in [0.29, 0.717) is 44.9 Å². The van der Waals surface area contributed by atoms with Gasteiger partial charge in [0, 0.05) is 39.5 Å². The Labute approximate surface area is 579 Å².